The van der Waals surface area contributed by atoms with Gasteiger partial charge in [-0.15, -0.1) is 0 Å². The van der Waals surface area contributed by atoms with Crippen LogP contribution in [0.1, 0.15) is 11.1 Å². The molecular weight excluding hydrogens is 315 g/mol. The number of aromatic nitrogens is 4. The summed E-state index contributed by atoms with van der Waals surface area (Å²) in [4.78, 5) is 12.0. The van der Waals surface area contributed by atoms with Gasteiger partial charge in [0.1, 0.15) is 12.4 Å². The molecule has 0 atom stereocenters. The van der Waals surface area contributed by atoms with Crippen molar-refractivity contribution >= 4 is 0 Å². The van der Waals surface area contributed by atoms with Gasteiger partial charge in [-0.2, -0.15) is 9.36 Å². The van der Waals surface area contributed by atoms with Crippen molar-refractivity contribution in [3.63, 3.8) is 0 Å². The number of aryl methyl sites for hydroxylation is 2. The van der Waals surface area contributed by atoms with Crippen molar-refractivity contribution < 1.29 is 14.2 Å². The summed E-state index contributed by atoms with van der Waals surface area (Å²) in [5, 5.41) is 16.9. The molecule has 0 aliphatic rings. The van der Waals surface area contributed by atoms with Crippen molar-refractivity contribution in [2.45, 2.75) is 13.5 Å². The maximum Gasteiger partial charge on any atom is 0.368 e. The van der Waals surface area contributed by atoms with Crippen molar-refractivity contribution in [3.05, 3.63) is 63.8 Å². The zero-order valence-electron chi connectivity index (χ0n) is 13.1. The highest BCUT2D eigenvalue weighted by atomic mass is 19.1. The Morgan fingerprint density at radius 2 is 2.00 bits per heavy atom. The molecule has 0 spiro atoms. The van der Waals surface area contributed by atoms with Crippen LogP contribution in [0.2, 0.25) is 0 Å². The molecular formula is C16H15FN4O3. The number of phenols is 1. The van der Waals surface area contributed by atoms with E-state index < -0.39 is 11.5 Å². The van der Waals surface area contributed by atoms with Gasteiger partial charge in [0.15, 0.2) is 11.6 Å². The topological polar surface area (TPSA) is 82.2 Å². The maximum atomic E-state index is 13.9. The SMILES string of the molecule is Cc1cc(O)cc(F)c1OCc1ccccc1-n1nnn(C)c1=O. The van der Waals surface area contributed by atoms with E-state index in [-0.39, 0.29) is 18.1 Å². The van der Waals surface area contributed by atoms with Crippen LogP contribution in [0.25, 0.3) is 5.69 Å². The second kappa shape index (κ2) is 6.15. The fourth-order valence-corrected chi connectivity index (χ4v) is 2.35. The Bertz CT molecular complexity index is 925. The van der Waals surface area contributed by atoms with E-state index >= 15 is 0 Å². The molecule has 1 N–H and O–H groups in total. The highest BCUT2D eigenvalue weighted by molar-refractivity contribution is 5.42. The van der Waals surface area contributed by atoms with Crippen molar-refractivity contribution in [1.82, 2.24) is 19.8 Å². The Kier molecular flexibility index (Phi) is 4.03. The normalized spacial score (nSPS) is 10.8. The second-order valence-corrected chi connectivity index (χ2v) is 5.29. The molecule has 0 amide bonds. The van der Waals surface area contributed by atoms with Gasteiger partial charge in [-0.05, 0) is 35.0 Å². The van der Waals surface area contributed by atoms with E-state index in [0.29, 0.717) is 16.8 Å². The molecule has 1 heterocycles. The molecule has 0 unspecified atom stereocenters. The summed E-state index contributed by atoms with van der Waals surface area (Å²) in [6.07, 6.45) is 0. The second-order valence-electron chi connectivity index (χ2n) is 5.29. The number of aromatic hydroxyl groups is 1. The number of phenolic OH excluding ortho intramolecular Hbond substituents is 1. The lowest BCUT2D eigenvalue weighted by molar-refractivity contribution is 0.286. The molecule has 0 aliphatic heterocycles. The summed E-state index contributed by atoms with van der Waals surface area (Å²) in [7, 11) is 1.50. The minimum Gasteiger partial charge on any atom is -0.508 e. The summed E-state index contributed by atoms with van der Waals surface area (Å²) in [6.45, 7) is 1.67. The van der Waals surface area contributed by atoms with E-state index in [1.54, 1.807) is 31.2 Å². The molecule has 0 fully saturated rings. The number of ether oxygens (including phenoxy) is 1. The van der Waals surface area contributed by atoms with Crippen molar-refractivity contribution in [2.75, 3.05) is 0 Å². The number of hydrogen-bond acceptors (Lipinski definition) is 5. The van der Waals surface area contributed by atoms with Crippen LogP contribution in [0, 0.1) is 12.7 Å². The summed E-state index contributed by atoms with van der Waals surface area (Å²) in [5.41, 5.74) is 1.23. The van der Waals surface area contributed by atoms with Gasteiger partial charge in [-0.25, -0.2) is 9.18 Å². The first-order chi connectivity index (χ1) is 11.5. The number of halogens is 1. The third kappa shape index (κ3) is 2.85. The van der Waals surface area contributed by atoms with Gasteiger partial charge in [0.05, 0.1) is 5.69 Å². The number of rotatable bonds is 4. The molecule has 0 saturated heterocycles. The molecule has 1 aromatic heterocycles. The molecule has 24 heavy (non-hydrogen) atoms. The largest absolute Gasteiger partial charge is 0.508 e. The minimum absolute atomic E-state index is 0.0295. The Balaban J connectivity index is 1.93. The van der Waals surface area contributed by atoms with E-state index in [1.807, 2.05) is 0 Å². The highest BCUT2D eigenvalue weighted by Gasteiger charge is 2.13. The fraction of sp³-hybridized carbons (Fsp3) is 0.188. The van der Waals surface area contributed by atoms with Gasteiger partial charge in [-0.1, -0.05) is 18.2 Å². The summed E-state index contributed by atoms with van der Waals surface area (Å²) < 4.78 is 21.8. The first-order valence-corrected chi connectivity index (χ1v) is 7.16. The van der Waals surface area contributed by atoms with Crippen LogP contribution in [-0.4, -0.2) is 24.9 Å². The number of benzene rings is 2. The molecule has 0 saturated carbocycles. The average Bonchev–Trinajstić information content (AvgIpc) is 2.86. The lowest BCUT2D eigenvalue weighted by Crippen LogP contribution is -2.23. The Morgan fingerprint density at radius 1 is 1.25 bits per heavy atom. The third-order valence-electron chi connectivity index (χ3n) is 3.53. The molecule has 0 radical (unpaired) electrons. The Morgan fingerprint density at radius 3 is 2.67 bits per heavy atom. The molecule has 124 valence electrons. The number of nitrogens with zero attached hydrogens (tertiary/aromatic N) is 4. The highest BCUT2D eigenvalue weighted by Crippen LogP contribution is 2.28. The van der Waals surface area contributed by atoms with Crippen molar-refractivity contribution in [1.29, 1.82) is 0 Å². The molecule has 2 aromatic carbocycles. The molecule has 8 heteroatoms. The van der Waals surface area contributed by atoms with Crippen molar-refractivity contribution in [2.24, 2.45) is 7.05 Å². The standard InChI is InChI=1S/C16H15FN4O3/c1-10-7-12(22)8-13(17)15(10)24-9-11-5-3-4-6-14(11)21-16(23)20(2)18-19-21/h3-8,22H,9H2,1-2H3. The van der Waals surface area contributed by atoms with Crippen LogP contribution in [0.15, 0.2) is 41.2 Å². The lowest BCUT2D eigenvalue weighted by Gasteiger charge is -2.12. The number of hydrogen-bond donors (Lipinski definition) is 1. The van der Waals surface area contributed by atoms with Crippen LogP contribution in [0.4, 0.5) is 4.39 Å². The average molecular weight is 330 g/mol. The first kappa shape index (κ1) is 15.7. The minimum atomic E-state index is -0.651. The maximum absolute atomic E-state index is 13.9. The summed E-state index contributed by atoms with van der Waals surface area (Å²) in [5.74, 6) is -0.764. The van der Waals surface area contributed by atoms with E-state index in [0.717, 1.165) is 15.4 Å². The molecule has 0 bridgehead atoms. The Labute approximate surface area is 136 Å². The van der Waals surface area contributed by atoms with Crippen LogP contribution in [-0.2, 0) is 13.7 Å². The predicted octanol–water partition coefficient (Wildman–Crippen LogP) is 1.70. The van der Waals surface area contributed by atoms with Crippen LogP contribution in [0.3, 0.4) is 0 Å². The molecule has 3 aromatic rings. The first-order valence-electron chi connectivity index (χ1n) is 7.16. The van der Waals surface area contributed by atoms with Crippen LogP contribution >= 0.6 is 0 Å². The third-order valence-corrected chi connectivity index (χ3v) is 3.53. The molecule has 7 nitrogen and oxygen atoms in total. The predicted molar refractivity (Wildman–Crippen MR) is 83.7 cm³/mol. The van der Waals surface area contributed by atoms with Gasteiger partial charge in [-0.3, -0.25) is 0 Å². The van der Waals surface area contributed by atoms with Gasteiger partial charge >= 0.3 is 5.69 Å². The van der Waals surface area contributed by atoms with Crippen molar-refractivity contribution in [3.8, 4) is 17.2 Å². The summed E-state index contributed by atoms with van der Waals surface area (Å²) in [6, 6.07) is 9.40. The Hall–Kier alpha value is -3.16. The van der Waals surface area contributed by atoms with Gasteiger partial charge < -0.3 is 9.84 Å². The monoisotopic (exact) mass is 330 g/mol. The fourth-order valence-electron chi connectivity index (χ4n) is 2.35. The number of tetrazole rings is 1. The quantitative estimate of drug-likeness (QED) is 0.787. The molecule has 3 rings (SSSR count). The van der Waals surface area contributed by atoms with Crippen LogP contribution < -0.4 is 10.4 Å². The van der Waals surface area contributed by atoms with Gasteiger partial charge in [0, 0.05) is 18.7 Å². The zero-order valence-corrected chi connectivity index (χ0v) is 13.1. The molecule has 0 aliphatic carbocycles. The smallest absolute Gasteiger partial charge is 0.368 e. The zero-order chi connectivity index (χ0) is 17.3. The van der Waals surface area contributed by atoms with E-state index in [9.17, 15) is 14.3 Å². The van der Waals surface area contributed by atoms with Gasteiger partial charge in [0.25, 0.3) is 0 Å². The van der Waals surface area contributed by atoms with E-state index in [1.165, 1.54) is 13.1 Å². The number of para-hydroxylation sites is 1. The van der Waals surface area contributed by atoms with Gasteiger partial charge in [0.2, 0.25) is 0 Å². The van der Waals surface area contributed by atoms with Crippen LogP contribution in [0.5, 0.6) is 11.5 Å². The van der Waals surface area contributed by atoms with E-state index in [2.05, 4.69) is 10.4 Å². The lowest BCUT2D eigenvalue weighted by atomic mass is 10.2. The van der Waals surface area contributed by atoms with E-state index in [4.69, 9.17) is 4.74 Å². The summed E-state index contributed by atoms with van der Waals surface area (Å²) >= 11 is 0.